The highest BCUT2D eigenvalue weighted by Crippen LogP contribution is 2.18. The number of nitrogens with one attached hydrogen (secondary N) is 1. The number of H-pyrrole nitrogens is 1. The van der Waals surface area contributed by atoms with E-state index >= 15 is 0 Å². The third kappa shape index (κ3) is 3.81. The molecule has 116 valence electrons. The van der Waals surface area contributed by atoms with Gasteiger partial charge in [0.25, 0.3) is 0 Å². The predicted molar refractivity (Wildman–Crippen MR) is 88.2 cm³/mol. The van der Waals surface area contributed by atoms with Crippen LogP contribution in [0.3, 0.4) is 0 Å². The Morgan fingerprint density at radius 2 is 1.91 bits per heavy atom. The predicted octanol–water partition coefficient (Wildman–Crippen LogP) is 3.18. The number of aryl methyl sites for hydroxylation is 1. The number of halogens is 1. The van der Waals surface area contributed by atoms with Crippen LogP contribution < -0.4 is 0 Å². The Labute approximate surface area is 138 Å². The summed E-state index contributed by atoms with van der Waals surface area (Å²) in [6, 6.07) is 13.3. The smallest absolute Gasteiger partial charge is 0.204 e. The Morgan fingerprint density at radius 3 is 2.61 bits per heavy atom. The molecule has 6 heteroatoms. The van der Waals surface area contributed by atoms with Crippen molar-refractivity contribution in [2.24, 2.45) is 0 Å². The van der Waals surface area contributed by atoms with Gasteiger partial charge in [0, 0.05) is 23.4 Å². The van der Waals surface area contributed by atoms with E-state index in [1.165, 1.54) is 0 Å². The lowest BCUT2D eigenvalue weighted by Crippen LogP contribution is -2.07. The number of carbonyl (C=O) groups excluding carboxylic acids is 1. The zero-order valence-corrected chi connectivity index (χ0v) is 13.3. The summed E-state index contributed by atoms with van der Waals surface area (Å²) in [6.45, 7) is 1.94. The maximum absolute atomic E-state index is 12.3. The molecule has 0 radical (unpaired) electrons. The molecular weight excluding hydrogens is 312 g/mol. The quantitative estimate of drug-likeness (QED) is 0.781. The summed E-state index contributed by atoms with van der Waals surface area (Å²) in [5.74, 6) is 0.671. The number of rotatable bonds is 5. The highest BCUT2D eigenvalue weighted by atomic mass is 35.5. The second kappa shape index (κ2) is 6.71. The molecule has 0 atom stereocenters. The first-order valence-electron chi connectivity index (χ1n) is 7.21. The van der Waals surface area contributed by atoms with Gasteiger partial charge in [0.2, 0.25) is 5.82 Å². The van der Waals surface area contributed by atoms with E-state index in [4.69, 9.17) is 11.6 Å². The largest absolute Gasteiger partial charge is 0.299 e. The molecule has 3 rings (SSSR count). The van der Waals surface area contributed by atoms with Crippen molar-refractivity contribution in [2.75, 3.05) is 0 Å². The van der Waals surface area contributed by atoms with Crippen LogP contribution in [0.2, 0.25) is 5.02 Å². The number of carbonyl (C=O) groups is 1. The summed E-state index contributed by atoms with van der Waals surface area (Å²) in [5.41, 5.74) is 3.73. The second-order valence-electron chi connectivity index (χ2n) is 5.41. The topological polar surface area (TPSA) is 71.5 Å². The van der Waals surface area contributed by atoms with E-state index < -0.39 is 0 Å². The summed E-state index contributed by atoms with van der Waals surface area (Å²) < 4.78 is 0. The summed E-state index contributed by atoms with van der Waals surface area (Å²) in [4.78, 5) is 12.3. The van der Waals surface area contributed by atoms with E-state index in [1.807, 2.05) is 49.4 Å². The Bertz CT molecular complexity index is 830. The Balaban J connectivity index is 1.70. The summed E-state index contributed by atoms with van der Waals surface area (Å²) in [6.07, 6.45) is 0.762. The van der Waals surface area contributed by atoms with E-state index in [0.717, 1.165) is 22.3 Å². The minimum atomic E-state index is 0.150. The summed E-state index contributed by atoms with van der Waals surface area (Å²) in [5, 5.41) is 14.6. The van der Waals surface area contributed by atoms with Crippen molar-refractivity contribution in [1.29, 1.82) is 0 Å². The molecule has 0 unspecified atom stereocenters. The van der Waals surface area contributed by atoms with Crippen molar-refractivity contribution >= 4 is 17.4 Å². The average Bonchev–Trinajstić information content (AvgIpc) is 3.05. The molecule has 0 aliphatic heterocycles. The number of benzene rings is 2. The molecule has 3 aromatic rings. The molecule has 1 N–H and O–H groups in total. The minimum Gasteiger partial charge on any atom is -0.299 e. The number of tetrazole rings is 1. The van der Waals surface area contributed by atoms with Gasteiger partial charge in [-0.1, -0.05) is 41.9 Å². The van der Waals surface area contributed by atoms with Gasteiger partial charge in [-0.25, -0.2) is 0 Å². The zero-order valence-electron chi connectivity index (χ0n) is 12.6. The van der Waals surface area contributed by atoms with Gasteiger partial charge in [-0.05, 0) is 41.0 Å². The molecule has 1 aromatic heterocycles. The van der Waals surface area contributed by atoms with Crippen LogP contribution in [-0.4, -0.2) is 26.4 Å². The van der Waals surface area contributed by atoms with Crippen LogP contribution in [0, 0.1) is 6.92 Å². The maximum Gasteiger partial charge on any atom is 0.204 e. The molecule has 1 heterocycles. The number of aromatic nitrogens is 4. The first kappa shape index (κ1) is 15.4. The third-order valence-electron chi connectivity index (χ3n) is 3.56. The third-order valence-corrected chi connectivity index (χ3v) is 3.98. The van der Waals surface area contributed by atoms with E-state index in [2.05, 4.69) is 20.6 Å². The highest BCUT2D eigenvalue weighted by Gasteiger charge is 2.09. The SMILES string of the molecule is Cc1cc(CC(=O)Cc2cccc(-c3nn[nH]n3)c2)ccc1Cl. The van der Waals surface area contributed by atoms with Crippen molar-refractivity contribution in [3.8, 4) is 11.4 Å². The van der Waals surface area contributed by atoms with E-state index in [1.54, 1.807) is 0 Å². The van der Waals surface area contributed by atoms with Gasteiger partial charge in [0.1, 0.15) is 5.78 Å². The molecule has 0 saturated carbocycles. The number of ketones is 1. The minimum absolute atomic E-state index is 0.150. The molecule has 5 nitrogen and oxygen atoms in total. The van der Waals surface area contributed by atoms with Crippen molar-refractivity contribution < 1.29 is 4.79 Å². The molecular formula is C17H15ClN4O. The Hall–Kier alpha value is -2.53. The van der Waals surface area contributed by atoms with Crippen molar-refractivity contribution in [1.82, 2.24) is 20.6 Å². The van der Waals surface area contributed by atoms with E-state index in [9.17, 15) is 4.79 Å². The normalized spacial score (nSPS) is 10.7. The molecule has 0 aliphatic carbocycles. The van der Waals surface area contributed by atoms with Gasteiger partial charge in [0.05, 0.1) is 0 Å². The standard InChI is InChI=1S/C17H15ClN4O/c1-11-7-13(5-6-16(11)18)10-15(23)9-12-3-2-4-14(8-12)17-19-21-22-20-17/h2-8H,9-10H2,1H3,(H,19,20,21,22). The number of Topliss-reactive ketones (excluding diaryl/α,β-unsaturated/α-hetero) is 1. The van der Waals surface area contributed by atoms with Crippen LogP contribution in [-0.2, 0) is 17.6 Å². The van der Waals surface area contributed by atoms with Crippen molar-refractivity contribution in [3.63, 3.8) is 0 Å². The zero-order chi connectivity index (χ0) is 16.2. The Kier molecular flexibility index (Phi) is 4.48. The van der Waals surface area contributed by atoms with Crippen LogP contribution in [0.4, 0.5) is 0 Å². The first-order valence-corrected chi connectivity index (χ1v) is 7.59. The number of hydrogen-bond donors (Lipinski definition) is 1. The number of nitrogens with zero attached hydrogens (tertiary/aromatic N) is 3. The molecule has 0 amide bonds. The van der Waals surface area contributed by atoms with Crippen molar-refractivity contribution in [2.45, 2.75) is 19.8 Å². The highest BCUT2D eigenvalue weighted by molar-refractivity contribution is 6.31. The fraction of sp³-hybridized carbons (Fsp3) is 0.176. The van der Waals surface area contributed by atoms with Gasteiger partial charge in [-0.2, -0.15) is 5.21 Å². The molecule has 0 fully saturated rings. The molecule has 0 spiro atoms. The summed E-state index contributed by atoms with van der Waals surface area (Å²) in [7, 11) is 0. The fourth-order valence-corrected chi connectivity index (χ4v) is 2.56. The monoisotopic (exact) mass is 326 g/mol. The van der Waals surface area contributed by atoms with Gasteiger partial charge < -0.3 is 0 Å². The van der Waals surface area contributed by atoms with Crippen LogP contribution in [0.1, 0.15) is 16.7 Å². The second-order valence-corrected chi connectivity index (χ2v) is 5.82. The van der Waals surface area contributed by atoms with Gasteiger partial charge in [-0.3, -0.25) is 4.79 Å². The molecule has 23 heavy (non-hydrogen) atoms. The van der Waals surface area contributed by atoms with Crippen LogP contribution in [0.15, 0.2) is 42.5 Å². The number of hydrogen-bond acceptors (Lipinski definition) is 4. The maximum atomic E-state index is 12.3. The average molecular weight is 327 g/mol. The number of aromatic amines is 1. The lowest BCUT2D eigenvalue weighted by molar-refractivity contribution is -0.117. The lowest BCUT2D eigenvalue weighted by Gasteiger charge is -2.05. The van der Waals surface area contributed by atoms with Crippen molar-refractivity contribution in [3.05, 3.63) is 64.2 Å². The van der Waals surface area contributed by atoms with Gasteiger partial charge in [-0.15, -0.1) is 10.2 Å². The molecule has 2 aromatic carbocycles. The van der Waals surface area contributed by atoms with Crippen LogP contribution >= 0.6 is 11.6 Å². The van der Waals surface area contributed by atoms with Crippen LogP contribution in [0.5, 0.6) is 0 Å². The summed E-state index contributed by atoms with van der Waals surface area (Å²) >= 11 is 6.01. The van der Waals surface area contributed by atoms with Crippen LogP contribution in [0.25, 0.3) is 11.4 Å². The van der Waals surface area contributed by atoms with Gasteiger partial charge >= 0.3 is 0 Å². The fourth-order valence-electron chi connectivity index (χ4n) is 2.44. The Morgan fingerprint density at radius 1 is 1.13 bits per heavy atom. The molecule has 0 saturated heterocycles. The van der Waals surface area contributed by atoms with E-state index in [0.29, 0.717) is 23.7 Å². The van der Waals surface area contributed by atoms with Gasteiger partial charge in [0.15, 0.2) is 0 Å². The van der Waals surface area contributed by atoms with E-state index in [-0.39, 0.29) is 5.78 Å². The lowest BCUT2D eigenvalue weighted by atomic mass is 10.0. The molecule has 0 aliphatic rings. The molecule has 0 bridgehead atoms. The first-order chi connectivity index (χ1) is 11.1.